The van der Waals surface area contributed by atoms with E-state index in [1.165, 1.54) is 30.9 Å². The molecule has 0 radical (unpaired) electrons. The summed E-state index contributed by atoms with van der Waals surface area (Å²) in [5.41, 5.74) is 2.09. The molecule has 1 aliphatic heterocycles. The molecule has 1 atom stereocenters. The van der Waals surface area contributed by atoms with E-state index < -0.39 is 22.8 Å². The molecule has 1 heterocycles. The molecular weight excluding hydrogens is 534 g/mol. The van der Waals surface area contributed by atoms with Gasteiger partial charge in [-0.1, -0.05) is 55.8 Å². The molecule has 1 aliphatic rings. The first-order valence-corrected chi connectivity index (χ1v) is 13.3. The Labute approximate surface area is 239 Å². The maximum atomic E-state index is 13.6. The molecule has 9 nitrogen and oxygen atoms in total. The van der Waals surface area contributed by atoms with Crippen LogP contribution in [-0.2, 0) is 25.6 Å². The molecular formula is C30H36ClN3O6. The first-order valence-electron chi connectivity index (χ1n) is 12.9. The smallest absolute Gasteiger partial charge is 0.336 e. The Balaban J connectivity index is 1.83. The van der Waals surface area contributed by atoms with Crippen LogP contribution < -0.4 is 5.32 Å². The Morgan fingerprint density at radius 3 is 2.30 bits per heavy atom. The number of nitrogens with zero attached hydrogens (tertiary/aromatic N) is 2. The van der Waals surface area contributed by atoms with Gasteiger partial charge < -0.3 is 19.7 Å². The maximum absolute atomic E-state index is 13.6. The first-order chi connectivity index (χ1) is 18.8. The Morgan fingerprint density at radius 1 is 1.07 bits per heavy atom. The molecule has 214 valence electrons. The Morgan fingerprint density at radius 2 is 1.70 bits per heavy atom. The number of ether oxygens (including phenoxy) is 2. The van der Waals surface area contributed by atoms with Crippen molar-refractivity contribution >= 4 is 29.2 Å². The summed E-state index contributed by atoms with van der Waals surface area (Å²) in [6.07, 6.45) is 0.770. The molecule has 1 N–H and O–H groups in total. The highest BCUT2D eigenvalue weighted by Crippen LogP contribution is 2.43. The first kappa shape index (κ1) is 30.8. The minimum Gasteiger partial charge on any atom is -0.466 e. The van der Waals surface area contributed by atoms with Gasteiger partial charge in [0, 0.05) is 40.5 Å². The molecule has 0 amide bonds. The van der Waals surface area contributed by atoms with E-state index in [0.717, 1.165) is 19.5 Å². The Hall–Kier alpha value is -3.69. The fraction of sp³-hybridized carbons (Fsp3) is 0.400. The van der Waals surface area contributed by atoms with Gasteiger partial charge in [0.1, 0.15) is 0 Å². The number of non-ortho nitro benzene ring substituents is 1. The minimum atomic E-state index is -1.02. The molecule has 0 bridgehead atoms. The largest absolute Gasteiger partial charge is 0.466 e. The van der Waals surface area contributed by atoms with Crippen molar-refractivity contribution in [2.24, 2.45) is 5.41 Å². The maximum Gasteiger partial charge on any atom is 0.336 e. The number of nitrogens with one attached hydrogen (secondary N) is 1. The summed E-state index contributed by atoms with van der Waals surface area (Å²) in [7, 11) is 3.28. The van der Waals surface area contributed by atoms with Crippen molar-refractivity contribution in [3.63, 3.8) is 0 Å². The second-order valence-corrected chi connectivity index (χ2v) is 11.2. The summed E-state index contributed by atoms with van der Waals surface area (Å²) < 4.78 is 10.8. The molecule has 0 saturated heterocycles. The summed E-state index contributed by atoms with van der Waals surface area (Å²) in [4.78, 5) is 39.7. The number of nitro groups is 1. The van der Waals surface area contributed by atoms with Crippen LogP contribution >= 0.6 is 11.6 Å². The monoisotopic (exact) mass is 569 g/mol. The quantitative estimate of drug-likeness (QED) is 0.207. The zero-order chi connectivity index (χ0) is 29.6. The van der Waals surface area contributed by atoms with Crippen molar-refractivity contribution in [1.82, 2.24) is 10.2 Å². The number of rotatable bonds is 11. The van der Waals surface area contributed by atoms with Crippen molar-refractivity contribution in [3.05, 3.63) is 97.3 Å². The predicted octanol–water partition coefficient (Wildman–Crippen LogP) is 5.75. The fourth-order valence-corrected chi connectivity index (χ4v) is 4.93. The van der Waals surface area contributed by atoms with Crippen LogP contribution in [0.1, 0.15) is 51.2 Å². The number of nitro benzene ring substituents is 1. The average molecular weight is 570 g/mol. The van der Waals surface area contributed by atoms with E-state index in [1.54, 1.807) is 13.8 Å². The molecule has 0 aliphatic carbocycles. The zero-order valence-corrected chi connectivity index (χ0v) is 24.5. The van der Waals surface area contributed by atoms with Crippen LogP contribution in [-0.4, -0.2) is 49.1 Å². The Kier molecular flexibility index (Phi) is 10.1. The average Bonchev–Trinajstić information content (AvgIpc) is 2.90. The normalized spacial score (nSPS) is 15.7. The van der Waals surface area contributed by atoms with E-state index in [9.17, 15) is 19.7 Å². The van der Waals surface area contributed by atoms with Crippen LogP contribution in [0.3, 0.4) is 0 Å². The summed E-state index contributed by atoms with van der Waals surface area (Å²) in [6, 6.07) is 14.1. The van der Waals surface area contributed by atoms with E-state index in [4.69, 9.17) is 21.1 Å². The number of hydrogen-bond acceptors (Lipinski definition) is 8. The van der Waals surface area contributed by atoms with E-state index in [2.05, 4.69) is 22.3 Å². The van der Waals surface area contributed by atoms with E-state index in [0.29, 0.717) is 11.4 Å². The molecule has 0 saturated carbocycles. The second-order valence-electron chi connectivity index (χ2n) is 10.8. The highest BCUT2D eigenvalue weighted by molar-refractivity contribution is 6.31. The van der Waals surface area contributed by atoms with Gasteiger partial charge in [-0.3, -0.25) is 10.1 Å². The van der Waals surface area contributed by atoms with Crippen molar-refractivity contribution in [2.75, 3.05) is 27.3 Å². The molecule has 40 heavy (non-hydrogen) atoms. The lowest BCUT2D eigenvalue weighted by Gasteiger charge is -2.32. The Bertz CT molecular complexity index is 1340. The number of dihydropyridines is 1. The summed E-state index contributed by atoms with van der Waals surface area (Å²) >= 11 is 6.49. The minimum absolute atomic E-state index is 0.129. The molecule has 3 rings (SSSR count). The van der Waals surface area contributed by atoms with Gasteiger partial charge in [-0.15, -0.1) is 0 Å². The van der Waals surface area contributed by atoms with Crippen molar-refractivity contribution in [3.8, 4) is 0 Å². The van der Waals surface area contributed by atoms with Gasteiger partial charge in [0.15, 0.2) is 0 Å². The van der Waals surface area contributed by atoms with Crippen molar-refractivity contribution in [2.45, 2.75) is 46.6 Å². The van der Waals surface area contributed by atoms with Gasteiger partial charge in [-0.2, -0.15) is 0 Å². The predicted molar refractivity (Wildman–Crippen MR) is 154 cm³/mol. The van der Waals surface area contributed by atoms with Crippen LogP contribution in [0.25, 0.3) is 0 Å². The van der Waals surface area contributed by atoms with Gasteiger partial charge in [-0.05, 0) is 51.1 Å². The van der Waals surface area contributed by atoms with Crippen LogP contribution in [0.4, 0.5) is 5.69 Å². The van der Waals surface area contributed by atoms with Crippen LogP contribution in [0.5, 0.6) is 0 Å². The molecule has 2 aromatic carbocycles. The van der Waals surface area contributed by atoms with Crippen LogP contribution in [0, 0.1) is 15.5 Å². The number of esters is 2. The number of halogens is 1. The highest BCUT2D eigenvalue weighted by Gasteiger charge is 2.40. The molecule has 10 heteroatoms. The van der Waals surface area contributed by atoms with E-state index in [1.807, 2.05) is 39.1 Å². The lowest BCUT2D eigenvalue weighted by atomic mass is 9.80. The van der Waals surface area contributed by atoms with Gasteiger partial charge >= 0.3 is 11.9 Å². The number of allylic oxidation sites excluding steroid dienone is 2. The third-order valence-electron chi connectivity index (χ3n) is 6.95. The van der Waals surface area contributed by atoms with E-state index in [-0.39, 0.29) is 39.4 Å². The van der Waals surface area contributed by atoms with Gasteiger partial charge in [0.2, 0.25) is 0 Å². The van der Waals surface area contributed by atoms with Gasteiger partial charge in [0.25, 0.3) is 5.69 Å². The zero-order valence-electron chi connectivity index (χ0n) is 23.7. The SMILES string of the molecule is COC(=O)C1=C(C)NC(C)=C(C(=O)OCC(C)(C)CCN(C)Cc2ccccc2)C1c1cc([N+](=O)[O-])ccc1Cl. The number of carbonyl (C=O) groups excluding carboxylic acids is 2. The third kappa shape index (κ3) is 7.49. The third-order valence-corrected chi connectivity index (χ3v) is 7.29. The second kappa shape index (κ2) is 13.1. The van der Waals surface area contributed by atoms with E-state index >= 15 is 0 Å². The number of carbonyl (C=O) groups is 2. The van der Waals surface area contributed by atoms with Crippen LogP contribution in [0.15, 0.2) is 71.1 Å². The number of hydrogen-bond donors (Lipinski definition) is 1. The molecule has 0 aromatic heterocycles. The van der Waals surface area contributed by atoms with Crippen LogP contribution in [0.2, 0.25) is 5.02 Å². The molecule has 0 spiro atoms. The number of benzene rings is 2. The highest BCUT2D eigenvalue weighted by atomic mass is 35.5. The molecule has 0 fully saturated rings. The van der Waals surface area contributed by atoms with Gasteiger partial charge in [-0.25, -0.2) is 9.59 Å². The van der Waals surface area contributed by atoms with Crippen molar-refractivity contribution < 1.29 is 24.0 Å². The molecule has 2 aromatic rings. The topological polar surface area (TPSA) is 111 Å². The fourth-order valence-electron chi connectivity index (χ4n) is 4.70. The molecule has 1 unspecified atom stereocenters. The lowest BCUT2D eigenvalue weighted by Crippen LogP contribution is -2.34. The van der Waals surface area contributed by atoms with Gasteiger partial charge in [0.05, 0.1) is 35.7 Å². The number of methoxy groups -OCH3 is 1. The summed E-state index contributed by atoms with van der Waals surface area (Å²) in [5.74, 6) is -2.34. The summed E-state index contributed by atoms with van der Waals surface area (Å²) in [6.45, 7) is 9.14. The lowest BCUT2D eigenvalue weighted by molar-refractivity contribution is -0.384. The van der Waals surface area contributed by atoms with Crippen molar-refractivity contribution in [1.29, 1.82) is 0 Å². The summed E-state index contributed by atoms with van der Waals surface area (Å²) in [5, 5.41) is 14.8. The standard InChI is InChI=1S/C30H36ClN3O6/c1-19-25(28(35)39-6)27(23-16-22(34(37)38)12-13-24(23)31)26(20(2)32-19)29(36)40-18-30(3,4)14-15-33(5)17-21-10-8-7-9-11-21/h7-13,16,27,32H,14-15,17-18H2,1-6H3.